The van der Waals surface area contributed by atoms with Crippen molar-refractivity contribution in [3.8, 4) is 0 Å². The van der Waals surface area contributed by atoms with Crippen LogP contribution in [0.3, 0.4) is 0 Å². The van der Waals surface area contributed by atoms with Gasteiger partial charge in [-0.3, -0.25) is 37.3 Å². The second-order valence-electron chi connectivity index (χ2n) is 31.2. The van der Waals surface area contributed by atoms with Crippen molar-refractivity contribution in [1.29, 1.82) is 0 Å². The predicted molar refractivity (Wildman–Crippen MR) is 423 cm³/mol. The summed E-state index contributed by atoms with van der Waals surface area (Å²) in [6, 6.07) is 0. The topological polar surface area (TPSA) is 237 Å². The number of ether oxygens (including phenoxy) is 4. The summed E-state index contributed by atoms with van der Waals surface area (Å²) in [5.41, 5.74) is 0. The van der Waals surface area contributed by atoms with E-state index in [0.29, 0.717) is 31.6 Å². The van der Waals surface area contributed by atoms with E-state index in [1.54, 1.807) is 0 Å². The summed E-state index contributed by atoms with van der Waals surface area (Å²) in [5.74, 6) is 0.294. The molecule has 7 atom stereocenters. The highest BCUT2D eigenvalue weighted by molar-refractivity contribution is 7.47. The molecule has 0 saturated heterocycles. The molecule has 0 aromatic carbocycles. The van der Waals surface area contributed by atoms with Gasteiger partial charge in [-0.15, -0.1) is 0 Å². The maximum absolute atomic E-state index is 13.1. The molecule has 0 aliphatic rings. The number of aliphatic hydroxyl groups excluding tert-OH is 1. The van der Waals surface area contributed by atoms with E-state index in [0.717, 1.165) is 108 Å². The Kier molecular flexibility index (Phi) is 72.8. The van der Waals surface area contributed by atoms with Gasteiger partial charge in [0, 0.05) is 25.7 Å². The van der Waals surface area contributed by atoms with Gasteiger partial charge in [0.15, 0.2) is 12.2 Å². The number of phosphoric acid groups is 2. The summed E-state index contributed by atoms with van der Waals surface area (Å²) >= 11 is 0. The lowest BCUT2D eigenvalue weighted by molar-refractivity contribution is -0.161. The average molecular weight is 1510 g/mol. The van der Waals surface area contributed by atoms with Crippen molar-refractivity contribution in [2.75, 3.05) is 39.6 Å². The average Bonchev–Trinajstić information content (AvgIpc) is 1.64. The van der Waals surface area contributed by atoms with Gasteiger partial charge in [-0.25, -0.2) is 9.13 Å². The number of unbranched alkanes of at least 4 members (excludes halogenated alkanes) is 48. The minimum absolute atomic E-state index is 0.108. The number of carbonyl (C=O) groups excluding carboxylic acids is 4. The highest BCUT2D eigenvalue weighted by atomic mass is 31.2. The minimum atomic E-state index is -4.96. The van der Waals surface area contributed by atoms with Gasteiger partial charge in [0.2, 0.25) is 0 Å². The van der Waals surface area contributed by atoms with E-state index in [1.165, 1.54) is 244 Å². The monoisotopic (exact) mass is 1510 g/mol. The van der Waals surface area contributed by atoms with Gasteiger partial charge in [0.1, 0.15) is 19.3 Å². The van der Waals surface area contributed by atoms with Gasteiger partial charge in [0.25, 0.3) is 0 Å². The molecule has 0 aliphatic heterocycles. The lowest BCUT2D eigenvalue weighted by Crippen LogP contribution is -2.30. The molecule has 612 valence electrons. The van der Waals surface area contributed by atoms with E-state index >= 15 is 0 Å². The molecule has 0 fully saturated rings. The van der Waals surface area contributed by atoms with Crippen LogP contribution in [0, 0.1) is 17.8 Å². The fourth-order valence-corrected chi connectivity index (χ4v) is 14.5. The minimum Gasteiger partial charge on any atom is -0.462 e. The molecule has 103 heavy (non-hydrogen) atoms. The second-order valence-corrected chi connectivity index (χ2v) is 34.1. The van der Waals surface area contributed by atoms with Crippen LogP contribution in [0.4, 0.5) is 0 Å². The van der Waals surface area contributed by atoms with Crippen molar-refractivity contribution < 1.29 is 80.2 Å². The van der Waals surface area contributed by atoms with Crippen molar-refractivity contribution in [3.05, 3.63) is 0 Å². The fourth-order valence-electron chi connectivity index (χ4n) is 13.0. The number of hydrogen-bond donors (Lipinski definition) is 3. The Morgan fingerprint density at radius 3 is 0.738 bits per heavy atom. The highest BCUT2D eigenvalue weighted by Crippen LogP contribution is 2.45. The molecule has 17 nitrogen and oxygen atoms in total. The van der Waals surface area contributed by atoms with Gasteiger partial charge in [-0.05, 0) is 43.4 Å². The van der Waals surface area contributed by atoms with Crippen LogP contribution in [0.1, 0.15) is 440 Å². The van der Waals surface area contributed by atoms with E-state index in [1.807, 2.05) is 0 Å². The smallest absolute Gasteiger partial charge is 0.462 e. The van der Waals surface area contributed by atoms with E-state index in [2.05, 4.69) is 48.5 Å². The Morgan fingerprint density at radius 1 is 0.282 bits per heavy atom. The number of hydrogen-bond acceptors (Lipinski definition) is 15. The first kappa shape index (κ1) is 101. The quantitative estimate of drug-likeness (QED) is 0.0222. The zero-order valence-corrected chi connectivity index (χ0v) is 69.6. The first-order chi connectivity index (χ1) is 49.8. The molecule has 0 saturated carbocycles. The van der Waals surface area contributed by atoms with Crippen LogP contribution in [0.2, 0.25) is 0 Å². The number of rotatable bonds is 82. The summed E-state index contributed by atoms with van der Waals surface area (Å²) in [6.45, 7) is 12.0. The molecule has 0 aliphatic carbocycles. The van der Waals surface area contributed by atoms with E-state index in [4.69, 9.17) is 37.0 Å². The van der Waals surface area contributed by atoms with Crippen LogP contribution in [-0.4, -0.2) is 96.7 Å². The normalized spacial score (nSPS) is 14.4. The molecule has 3 N–H and O–H groups in total. The molecule has 0 heterocycles. The van der Waals surface area contributed by atoms with Crippen molar-refractivity contribution in [1.82, 2.24) is 0 Å². The maximum atomic E-state index is 13.1. The maximum Gasteiger partial charge on any atom is 0.472 e. The molecule has 0 amide bonds. The second kappa shape index (κ2) is 74.2. The molecule has 19 heteroatoms. The largest absolute Gasteiger partial charge is 0.472 e. The Balaban J connectivity index is 5.25. The van der Waals surface area contributed by atoms with E-state index < -0.39 is 97.5 Å². The van der Waals surface area contributed by atoms with Gasteiger partial charge in [-0.2, -0.15) is 0 Å². The SMILES string of the molecule is CCCCCCCCCCCCCCCCCCCC(=O)O[C@H](COC(=O)CCCCCCCCCC(C)C)COP(=O)(O)OC[C@H](O)COP(=O)(O)OC[C@@H](COC(=O)CCCCCCCCCCCCCCCCC(C)CC)OC(=O)CCCCCCCCCCCCCCCCC(C)CC. The van der Waals surface area contributed by atoms with Crippen LogP contribution in [0.25, 0.3) is 0 Å². The van der Waals surface area contributed by atoms with Crippen LogP contribution in [-0.2, 0) is 65.4 Å². The van der Waals surface area contributed by atoms with Gasteiger partial charge in [-0.1, -0.05) is 389 Å². The third-order valence-corrected chi connectivity index (χ3v) is 22.3. The Labute approximate surface area is 632 Å². The van der Waals surface area contributed by atoms with Crippen LogP contribution in [0.5, 0.6) is 0 Å². The zero-order valence-electron chi connectivity index (χ0n) is 67.8. The predicted octanol–water partition coefficient (Wildman–Crippen LogP) is 25.3. The summed E-state index contributed by atoms with van der Waals surface area (Å²) in [5, 5.41) is 10.7. The standard InChI is InChI=1S/C84H164O17P2/c1-8-11-12-13-14-15-16-17-18-19-20-28-33-38-45-53-60-67-84(89)101-80(72-95-82(87)66-59-52-47-40-41-48-55-62-75(4)5)74-99-103(92,93)97-70-78(85)69-96-102(90,91)98-73-79(100-83(88)68-61-54-46-39-34-29-24-22-26-31-36-43-50-57-64-77(7)10-3)71-94-81(86)65-58-51-44-37-32-27-23-21-25-30-35-42-49-56-63-76(6)9-2/h75-80,85H,8-74H2,1-7H3,(H,90,91)(H,92,93)/t76?,77?,78-,79-,80-/m1/s1. The van der Waals surface area contributed by atoms with E-state index in [9.17, 15) is 43.2 Å². The first-order valence-electron chi connectivity index (χ1n) is 43.4. The van der Waals surface area contributed by atoms with Gasteiger partial charge in [0.05, 0.1) is 26.4 Å². The molecular formula is C84H164O17P2. The molecule has 0 rings (SSSR count). The Morgan fingerprint density at radius 2 is 0.495 bits per heavy atom. The number of esters is 4. The molecule has 4 unspecified atom stereocenters. The molecular weight excluding hydrogens is 1340 g/mol. The molecule has 0 aromatic rings. The van der Waals surface area contributed by atoms with Gasteiger partial charge < -0.3 is 33.8 Å². The summed E-state index contributed by atoms with van der Waals surface area (Å²) < 4.78 is 68.8. The fraction of sp³-hybridized carbons (Fsp3) is 0.952. The lowest BCUT2D eigenvalue weighted by atomic mass is 9.99. The molecule has 0 bridgehead atoms. The number of aliphatic hydroxyl groups is 1. The highest BCUT2D eigenvalue weighted by Gasteiger charge is 2.30. The molecule has 0 spiro atoms. The van der Waals surface area contributed by atoms with E-state index in [-0.39, 0.29) is 25.7 Å². The summed E-state index contributed by atoms with van der Waals surface area (Å²) in [7, 11) is -9.93. The number of carbonyl (C=O) groups is 4. The van der Waals surface area contributed by atoms with Crippen LogP contribution in [0.15, 0.2) is 0 Å². The Hall–Kier alpha value is -1.94. The Bertz CT molecular complexity index is 2000. The lowest BCUT2D eigenvalue weighted by Gasteiger charge is -2.21. The van der Waals surface area contributed by atoms with Crippen molar-refractivity contribution in [3.63, 3.8) is 0 Å². The number of phosphoric ester groups is 2. The first-order valence-corrected chi connectivity index (χ1v) is 46.4. The molecule has 0 aromatic heterocycles. The van der Waals surface area contributed by atoms with Crippen molar-refractivity contribution in [2.24, 2.45) is 17.8 Å². The third-order valence-electron chi connectivity index (χ3n) is 20.4. The third kappa shape index (κ3) is 75.3. The van der Waals surface area contributed by atoms with Crippen LogP contribution < -0.4 is 0 Å². The summed E-state index contributed by atoms with van der Waals surface area (Å²) in [4.78, 5) is 73.1. The summed E-state index contributed by atoms with van der Waals surface area (Å²) in [6.07, 6.45) is 63.7. The van der Waals surface area contributed by atoms with Crippen molar-refractivity contribution >= 4 is 39.5 Å². The van der Waals surface area contributed by atoms with Gasteiger partial charge >= 0.3 is 39.5 Å². The molecule has 0 radical (unpaired) electrons. The zero-order chi connectivity index (χ0) is 75.8. The van der Waals surface area contributed by atoms with Crippen molar-refractivity contribution in [2.45, 2.75) is 458 Å². The van der Waals surface area contributed by atoms with Crippen LogP contribution >= 0.6 is 15.6 Å².